The molecule has 0 amide bonds. The van der Waals surface area contributed by atoms with Crippen molar-refractivity contribution in [2.24, 2.45) is 0 Å². The lowest BCUT2D eigenvalue weighted by Gasteiger charge is -2.07. The maximum absolute atomic E-state index is 12.2. The van der Waals surface area contributed by atoms with Crippen molar-refractivity contribution in [3.8, 4) is 0 Å². The van der Waals surface area contributed by atoms with Gasteiger partial charge in [0.15, 0.2) is 5.69 Å². The number of rotatable bonds is 2. The topological polar surface area (TPSA) is 34.9 Å². The Hall–Kier alpha value is -0.850. The zero-order valence-corrected chi connectivity index (χ0v) is 8.47. The predicted molar refractivity (Wildman–Crippen MR) is 47.3 cm³/mol. The molecular weight excluding hydrogens is 265 g/mol. The van der Waals surface area contributed by atoms with E-state index in [1.165, 1.54) is 0 Å². The van der Waals surface area contributed by atoms with Gasteiger partial charge in [0.25, 0.3) is 5.56 Å². The number of halogens is 4. The van der Waals surface area contributed by atoms with Crippen molar-refractivity contribution in [3.63, 3.8) is 0 Å². The molecule has 0 aliphatic rings. The average Bonchev–Trinajstić information content (AvgIpc) is 2.07. The Labute approximate surface area is 85.7 Å². The molecule has 0 saturated heterocycles. The second kappa shape index (κ2) is 4.12. The van der Waals surface area contributed by atoms with E-state index < -0.39 is 17.4 Å². The van der Waals surface area contributed by atoms with Gasteiger partial charge in [0.05, 0.1) is 6.54 Å². The molecule has 0 aliphatic heterocycles. The molecule has 14 heavy (non-hydrogen) atoms. The van der Waals surface area contributed by atoms with Crippen LogP contribution in [-0.4, -0.2) is 15.1 Å². The molecule has 0 spiro atoms. The molecule has 0 saturated carbocycles. The number of hydrogen-bond donors (Lipinski definition) is 0. The molecule has 0 atom stereocenters. The Balaban J connectivity index is 3.13. The summed E-state index contributed by atoms with van der Waals surface area (Å²) in [7, 11) is 0. The van der Waals surface area contributed by atoms with Crippen LogP contribution in [0.2, 0.25) is 0 Å². The predicted octanol–water partition coefficient (Wildman–Crippen LogP) is 1.66. The van der Waals surface area contributed by atoms with Crippen molar-refractivity contribution in [1.29, 1.82) is 0 Å². The van der Waals surface area contributed by atoms with Crippen molar-refractivity contribution in [2.45, 2.75) is 12.7 Å². The fourth-order valence-corrected chi connectivity index (χ4v) is 1.18. The average molecular weight is 271 g/mol. The largest absolute Gasteiger partial charge is 0.435 e. The molecule has 1 heterocycles. The fraction of sp³-hybridized carbons (Fsp3) is 0.429. The smallest absolute Gasteiger partial charge is 0.268 e. The van der Waals surface area contributed by atoms with Gasteiger partial charge >= 0.3 is 6.18 Å². The zero-order chi connectivity index (χ0) is 10.8. The van der Waals surface area contributed by atoms with Gasteiger partial charge < -0.3 is 0 Å². The third-order valence-electron chi connectivity index (χ3n) is 1.45. The van der Waals surface area contributed by atoms with Crippen LogP contribution in [0, 0.1) is 0 Å². The van der Waals surface area contributed by atoms with Crippen molar-refractivity contribution >= 4 is 15.9 Å². The minimum Gasteiger partial charge on any atom is -0.268 e. The van der Waals surface area contributed by atoms with Crippen LogP contribution >= 0.6 is 15.9 Å². The Morgan fingerprint density at radius 1 is 1.43 bits per heavy atom. The van der Waals surface area contributed by atoms with E-state index in [1.54, 1.807) is 0 Å². The molecule has 78 valence electrons. The van der Waals surface area contributed by atoms with Gasteiger partial charge in [0, 0.05) is 11.4 Å². The summed E-state index contributed by atoms with van der Waals surface area (Å²) in [6.45, 7) is 0.114. The van der Waals surface area contributed by atoms with Crippen molar-refractivity contribution in [3.05, 3.63) is 28.2 Å². The highest BCUT2D eigenvalue weighted by molar-refractivity contribution is 9.09. The molecule has 0 fully saturated rings. The molecular formula is C7H6BrF3N2O. The summed E-state index contributed by atoms with van der Waals surface area (Å²) >= 11 is 3.01. The Morgan fingerprint density at radius 2 is 2.07 bits per heavy atom. The lowest BCUT2D eigenvalue weighted by Crippen LogP contribution is -2.26. The third-order valence-corrected chi connectivity index (χ3v) is 1.81. The molecule has 0 unspecified atom stereocenters. The van der Waals surface area contributed by atoms with E-state index in [4.69, 9.17) is 0 Å². The second-order valence-electron chi connectivity index (χ2n) is 2.47. The first-order valence-corrected chi connectivity index (χ1v) is 4.78. The standard InChI is InChI=1S/C7H6BrF3N2O/c8-3-4-13-6(14)2-1-5(12-13)7(9,10)11/h1-2H,3-4H2. The van der Waals surface area contributed by atoms with Crippen LogP contribution in [0.3, 0.4) is 0 Å². The molecule has 1 aromatic rings. The van der Waals surface area contributed by atoms with Gasteiger partial charge in [-0.3, -0.25) is 4.79 Å². The summed E-state index contributed by atoms with van der Waals surface area (Å²) < 4.78 is 37.2. The van der Waals surface area contributed by atoms with Gasteiger partial charge in [-0.15, -0.1) is 0 Å². The van der Waals surface area contributed by atoms with Crippen LogP contribution in [0.5, 0.6) is 0 Å². The lowest BCUT2D eigenvalue weighted by molar-refractivity contribution is -0.142. The van der Waals surface area contributed by atoms with Crippen LogP contribution < -0.4 is 5.56 Å². The number of alkyl halides is 4. The van der Waals surface area contributed by atoms with Crippen LogP contribution in [0.4, 0.5) is 13.2 Å². The lowest BCUT2D eigenvalue weighted by atomic mass is 10.4. The highest BCUT2D eigenvalue weighted by Crippen LogP contribution is 2.26. The number of aryl methyl sites for hydroxylation is 1. The van der Waals surface area contributed by atoms with Gasteiger partial charge in [-0.1, -0.05) is 15.9 Å². The first-order chi connectivity index (χ1) is 6.45. The van der Waals surface area contributed by atoms with Gasteiger partial charge in [-0.25, -0.2) is 4.68 Å². The van der Waals surface area contributed by atoms with Crippen LogP contribution in [0.25, 0.3) is 0 Å². The Morgan fingerprint density at radius 3 is 2.57 bits per heavy atom. The Kier molecular flexibility index (Phi) is 3.30. The summed E-state index contributed by atoms with van der Waals surface area (Å²) in [5.74, 6) is 0. The molecule has 1 aromatic heterocycles. The maximum Gasteiger partial charge on any atom is 0.435 e. The highest BCUT2D eigenvalue weighted by Gasteiger charge is 2.33. The van der Waals surface area contributed by atoms with E-state index in [0.717, 1.165) is 10.7 Å². The first kappa shape index (κ1) is 11.2. The Bertz CT molecular complexity index is 374. The molecule has 1 rings (SSSR count). The maximum atomic E-state index is 12.2. The van der Waals surface area contributed by atoms with Gasteiger partial charge in [0.1, 0.15) is 0 Å². The first-order valence-electron chi connectivity index (χ1n) is 3.66. The van der Waals surface area contributed by atoms with Gasteiger partial charge in [0.2, 0.25) is 0 Å². The minimum absolute atomic E-state index is 0.114. The summed E-state index contributed by atoms with van der Waals surface area (Å²) in [6, 6.07) is 1.53. The monoisotopic (exact) mass is 270 g/mol. The van der Waals surface area contributed by atoms with Crippen LogP contribution in [0.1, 0.15) is 5.69 Å². The van der Waals surface area contributed by atoms with E-state index in [2.05, 4.69) is 21.0 Å². The van der Waals surface area contributed by atoms with Crippen LogP contribution in [0.15, 0.2) is 16.9 Å². The number of hydrogen-bond acceptors (Lipinski definition) is 2. The number of aromatic nitrogens is 2. The molecule has 0 radical (unpaired) electrons. The molecule has 0 N–H and O–H groups in total. The highest BCUT2D eigenvalue weighted by atomic mass is 79.9. The third kappa shape index (κ3) is 2.57. The fourth-order valence-electron chi connectivity index (χ4n) is 0.840. The van der Waals surface area contributed by atoms with E-state index in [0.29, 0.717) is 11.4 Å². The second-order valence-corrected chi connectivity index (χ2v) is 3.26. The summed E-state index contributed by atoms with van der Waals surface area (Å²) in [6.07, 6.45) is -4.51. The van der Waals surface area contributed by atoms with Crippen molar-refractivity contribution in [1.82, 2.24) is 9.78 Å². The summed E-state index contributed by atoms with van der Waals surface area (Å²) in [5.41, 5.74) is -1.60. The molecule has 3 nitrogen and oxygen atoms in total. The molecule has 7 heteroatoms. The van der Waals surface area contributed by atoms with Gasteiger partial charge in [-0.05, 0) is 6.07 Å². The van der Waals surface area contributed by atoms with E-state index in [9.17, 15) is 18.0 Å². The normalized spacial score (nSPS) is 11.7. The van der Waals surface area contributed by atoms with Crippen molar-refractivity contribution < 1.29 is 13.2 Å². The SMILES string of the molecule is O=c1ccc(C(F)(F)F)nn1CCBr. The summed E-state index contributed by atoms with van der Waals surface area (Å²) in [4.78, 5) is 11.0. The molecule has 0 aliphatic carbocycles. The van der Waals surface area contributed by atoms with Crippen LogP contribution in [-0.2, 0) is 12.7 Å². The van der Waals surface area contributed by atoms with Crippen molar-refractivity contribution in [2.75, 3.05) is 5.33 Å². The van der Waals surface area contributed by atoms with E-state index >= 15 is 0 Å². The molecule has 0 bridgehead atoms. The van der Waals surface area contributed by atoms with E-state index in [-0.39, 0.29) is 6.54 Å². The summed E-state index contributed by atoms with van der Waals surface area (Å²) in [5, 5.41) is 3.56. The minimum atomic E-state index is -4.51. The molecule has 0 aromatic carbocycles. The van der Waals surface area contributed by atoms with E-state index in [1.807, 2.05) is 0 Å². The van der Waals surface area contributed by atoms with Gasteiger partial charge in [-0.2, -0.15) is 18.3 Å². The zero-order valence-electron chi connectivity index (χ0n) is 6.88. The quantitative estimate of drug-likeness (QED) is 0.767. The number of nitrogens with zero attached hydrogens (tertiary/aromatic N) is 2.